The third kappa shape index (κ3) is 2.98. The van der Waals surface area contributed by atoms with Crippen LogP contribution in [0, 0.1) is 34.5 Å². The van der Waals surface area contributed by atoms with Gasteiger partial charge in [-0.3, -0.25) is 9.59 Å². The number of hydrogen-bond acceptors (Lipinski definition) is 4. The van der Waals surface area contributed by atoms with Gasteiger partial charge in [0.25, 0.3) is 0 Å². The average molecular weight is 447 g/mol. The zero-order valence-corrected chi connectivity index (χ0v) is 20.1. The van der Waals surface area contributed by atoms with Gasteiger partial charge >= 0.3 is 5.97 Å². The summed E-state index contributed by atoms with van der Waals surface area (Å²) < 4.78 is 6.30. The molecular weight excluding hydrogens is 412 g/mol. The fourth-order valence-electron chi connectivity index (χ4n) is 8.34. The Kier molecular flexibility index (Phi) is 5.08. The Labute approximate surface area is 196 Å². The number of ketones is 2. The van der Waals surface area contributed by atoms with Gasteiger partial charge in [-0.2, -0.15) is 0 Å². The zero-order valence-electron chi connectivity index (χ0n) is 20.1. The molecule has 174 valence electrons. The minimum atomic E-state index is -1.11. The van der Waals surface area contributed by atoms with Crippen molar-refractivity contribution in [3.05, 3.63) is 59.7 Å². The lowest BCUT2D eigenvalue weighted by Gasteiger charge is -2.58. The Bertz CT molecular complexity index is 1070. The van der Waals surface area contributed by atoms with Gasteiger partial charge in [0.05, 0.1) is 5.56 Å². The molecule has 0 saturated heterocycles. The summed E-state index contributed by atoms with van der Waals surface area (Å²) in [5.74, 6) is 0.819. The van der Waals surface area contributed by atoms with E-state index in [-0.39, 0.29) is 22.9 Å². The van der Waals surface area contributed by atoms with Gasteiger partial charge in [-0.25, -0.2) is 4.79 Å². The molecule has 0 N–H and O–H groups in total. The predicted molar refractivity (Wildman–Crippen MR) is 126 cm³/mol. The molecule has 0 spiro atoms. The van der Waals surface area contributed by atoms with Crippen LogP contribution < -0.4 is 0 Å². The van der Waals surface area contributed by atoms with E-state index in [0.717, 1.165) is 32.1 Å². The van der Waals surface area contributed by atoms with Crippen LogP contribution in [-0.4, -0.2) is 23.1 Å². The molecule has 0 aromatic heterocycles. The van der Waals surface area contributed by atoms with Gasteiger partial charge in [-0.1, -0.05) is 50.6 Å². The molecule has 7 atom stereocenters. The van der Waals surface area contributed by atoms with Gasteiger partial charge in [0.2, 0.25) is 0 Å². The van der Waals surface area contributed by atoms with Gasteiger partial charge in [-0.15, -0.1) is 0 Å². The van der Waals surface area contributed by atoms with Gasteiger partial charge in [0.1, 0.15) is 0 Å². The number of Topliss-reactive ketones (excluding diaryl/α,β-unsaturated/α-hetero) is 1. The molecule has 1 aromatic carbocycles. The van der Waals surface area contributed by atoms with Crippen molar-refractivity contribution in [2.45, 2.75) is 65.4 Å². The van der Waals surface area contributed by atoms with E-state index in [1.54, 1.807) is 25.1 Å². The maximum atomic E-state index is 13.4. The molecule has 4 nitrogen and oxygen atoms in total. The van der Waals surface area contributed by atoms with Crippen molar-refractivity contribution in [3.8, 4) is 0 Å². The van der Waals surface area contributed by atoms with E-state index in [2.05, 4.69) is 26.8 Å². The first-order chi connectivity index (χ1) is 15.6. The number of benzene rings is 1. The summed E-state index contributed by atoms with van der Waals surface area (Å²) in [7, 11) is 0. The molecule has 3 saturated carbocycles. The quantitative estimate of drug-likeness (QED) is 0.557. The lowest BCUT2D eigenvalue weighted by Crippen LogP contribution is -2.60. The van der Waals surface area contributed by atoms with Crippen molar-refractivity contribution in [3.63, 3.8) is 0 Å². The lowest BCUT2D eigenvalue weighted by atomic mass is 9.47. The van der Waals surface area contributed by atoms with E-state index in [4.69, 9.17) is 4.74 Å². The number of ether oxygens (including phenoxy) is 1. The Morgan fingerprint density at radius 1 is 1.06 bits per heavy atom. The van der Waals surface area contributed by atoms with Gasteiger partial charge < -0.3 is 4.74 Å². The summed E-state index contributed by atoms with van der Waals surface area (Å²) >= 11 is 0. The van der Waals surface area contributed by atoms with Crippen LogP contribution in [0.3, 0.4) is 0 Å². The summed E-state index contributed by atoms with van der Waals surface area (Å²) in [6.45, 7) is 8.18. The molecule has 0 heterocycles. The second-order valence-electron chi connectivity index (χ2n) is 11.2. The molecule has 1 unspecified atom stereocenters. The largest absolute Gasteiger partial charge is 0.447 e. The van der Waals surface area contributed by atoms with E-state index in [1.807, 2.05) is 24.3 Å². The SMILES string of the molecule is CC(=O)[C@@]1(OC(=O)c2ccccc2)C(C)C[C@H]2[C@@H]3CCC4=CC(=O)C=C[C@]4(C)[C@H]3CC[C@@]21C. The van der Waals surface area contributed by atoms with Crippen LogP contribution in [0.1, 0.15) is 70.2 Å². The Balaban J connectivity index is 1.52. The smallest absolute Gasteiger partial charge is 0.339 e. The summed E-state index contributed by atoms with van der Waals surface area (Å²) in [4.78, 5) is 38.6. The fraction of sp³-hybridized carbons (Fsp3) is 0.552. The van der Waals surface area contributed by atoms with Gasteiger partial charge in [0, 0.05) is 16.7 Å². The molecule has 5 rings (SSSR count). The molecule has 1 aromatic rings. The highest BCUT2D eigenvalue weighted by molar-refractivity contribution is 6.01. The van der Waals surface area contributed by atoms with Crippen molar-refractivity contribution < 1.29 is 19.1 Å². The maximum Gasteiger partial charge on any atom is 0.339 e. The summed E-state index contributed by atoms with van der Waals surface area (Å²) in [5.41, 5.74) is 0.159. The van der Waals surface area contributed by atoms with Crippen molar-refractivity contribution >= 4 is 17.5 Å². The average Bonchev–Trinajstić information content (AvgIpc) is 3.02. The summed E-state index contributed by atoms with van der Waals surface area (Å²) in [5, 5.41) is 0. The van der Waals surface area contributed by atoms with E-state index in [9.17, 15) is 14.4 Å². The first-order valence-electron chi connectivity index (χ1n) is 12.4. The van der Waals surface area contributed by atoms with Crippen LogP contribution in [0.5, 0.6) is 0 Å². The minimum Gasteiger partial charge on any atom is -0.447 e. The van der Waals surface area contributed by atoms with Crippen LogP contribution in [0.15, 0.2) is 54.1 Å². The van der Waals surface area contributed by atoms with E-state index >= 15 is 0 Å². The molecule has 0 amide bonds. The van der Waals surface area contributed by atoms with E-state index < -0.39 is 17.0 Å². The Morgan fingerprint density at radius 3 is 2.48 bits per heavy atom. The maximum absolute atomic E-state index is 13.4. The molecule has 4 aliphatic rings. The normalized spacial score (nSPS) is 41.5. The van der Waals surface area contributed by atoms with Crippen molar-refractivity contribution in [1.82, 2.24) is 0 Å². The fourth-order valence-corrected chi connectivity index (χ4v) is 8.34. The number of esters is 1. The third-order valence-corrected chi connectivity index (χ3v) is 9.88. The number of hydrogen-bond donors (Lipinski definition) is 0. The monoisotopic (exact) mass is 446 g/mol. The first-order valence-corrected chi connectivity index (χ1v) is 12.4. The number of fused-ring (bicyclic) bond motifs is 5. The minimum absolute atomic E-state index is 0.0338. The highest BCUT2D eigenvalue weighted by Gasteiger charge is 2.70. The summed E-state index contributed by atoms with van der Waals surface area (Å²) in [6.07, 6.45) is 10.4. The summed E-state index contributed by atoms with van der Waals surface area (Å²) in [6, 6.07) is 9.01. The molecule has 33 heavy (non-hydrogen) atoms. The van der Waals surface area contributed by atoms with Crippen LogP contribution in [0.2, 0.25) is 0 Å². The first kappa shape index (κ1) is 22.3. The van der Waals surface area contributed by atoms with Crippen LogP contribution in [0.4, 0.5) is 0 Å². The number of carbonyl (C=O) groups excluding carboxylic acids is 3. The van der Waals surface area contributed by atoms with Crippen LogP contribution in [0.25, 0.3) is 0 Å². The lowest BCUT2D eigenvalue weighted by molar-refractivity contribution is -0.166. The second-order valence-corrected chi connectivity index (χ2v) is 11.2. The Morgan fingerprint density at radius 2 is 1.79 bits per heavy atom. The van der Waals surface area contributed by atoms with Crippen LogP contribution in [-0.2, 0) is 14.3 Å². The molecule has 0 bridgehead atoms. The van der Waals surface area contributed by atoms with Crippen LogP contribution >= 0.6 is 0 Å². The van der Waals surface area contributed by atoms with Crippen molar-refractivity contribution in [1.29, 1.82) is 0 Å². The van der Waals surface area contributed by atoms with Crippen molar-refractivity contribution in [2.24, 2.45) is 34.5 Å². The van der Waals surface area contributed by atoms with E-state index in [1.165, 1.54) is 5.57 Å². The molecule has 4 aliphatic carbocycles. The molecule has 4 heteroatoms. The predicted octanol–water partition coefficient (Wildman–Crippen LogP) is 5.73. The number of allylic oxidation sites excluding steroid dienone is 4. The third-order valence-electron chi connectivity index (χ3n) is 9.88. The molecule has 3 fully saturated rings. The zero-order chi connectivity index (χ0) is 23.6. The topological polar surface area (TPSA) is 60.4 Å². The second kappa shape index (κ2) is 7.51. The number of rotatable bonds is 3. The molecular formula is C29H34O4. The van der Waals surface area contributed by atoms with Gasteiger partial charge in [0.15, 0.2) is 17.2 Å². The standard InChI is InChI=1S/C29H34O4/c1-18-16-25-23-11-10-21-17-22(31)12-14-27(21,3)24(23)13-15-28(25,4)29(18,19(2)30)33-26(32)20-8-6-5-7-9-20/h5-9,12,14,17-18,23-25H,10-11,13,15-16H2,1-4H3/t18?,23-,24+,25+,27+,28+,29+/m1/s1. The highest BCUT2D eigenvalue weighted by atomic mass is 16.6. The van der Waals surface area contributed by atoms with E-state index in [0.29, 0.717) is 23.3 Å². The Hall–Kier alpha value is -2.49. The van der Waals surface area contributed by atoms with Crippen molar-refractivity contribution in [2.75, 3.05) is 0 Å². The molecule has 0 aliphatic heterocycles. The molecule has 0 radical (unpaired) electrons. The highest BCUT2D eigenvalue weighted by Crippen LogP contribution is 2.69. The number of carbonyl (C=O) groups is 3. The van der Waals surface area contributed by atoms with Gasteiger partial charge in [-0.05, 0) is 81.1 Å².